The van der Waals surface area contributed by atoms with E-state index in [4.69, 9.17) is 10.5 Å². The monoisotopic (exact) mass is 422 g/mol. The maximum Gasteiger partial charge on any atom is 0.428 e. The predicted molar refractivity (Wildman–Crippen MR) is 97.8 cm³/mol. The van der Waals surface area contributed by atoms with E-state index in [0.717, 1.165) is 0 Å². The lowest BCUT2D eigenvalue weighted by atomic mass is 9.65. The number of hydrogen-bond acceptors (Lipinski definition) is 5. The highest BCUT2D eigenvalue weighted by molar-refractivity contribution is 9.10. The second-order valence-corrected chi connectivity index (χ2v) is 7.92. The van der Waals surface area contributed by atoms with Crippen LogP contribution in [-0.4, -0.2) is 23.4 Å². The summed E-state index contributed by atoms with van der Waals surface area (Å²) in [5.74, 6) is -0.420. The number of rotatable bonds is 3. The molecule has 1 aliphatic carbocycles. The van der Waals surface area contributed by atoms with Crippen LogP contribution in [-0.2, 0) is 4.74 Å². The number of halogens is 2. The Balaban J connectivity index is 1.96. The first-order valence-corrected chi connectivity index (χ1v) is 9.28. The van der Waals surface area contributed by atoms with Gasteiger partial charge in [-0.05, 0) is 61.0 Å². The number of carbonyl (C=O) groups excluding carboxylic acids is 1. The van der Waals surface area contributed by atoms with Gasteiger partial charge in [0.25, 0.3) is 0 Å². The molecular weight excluding hydrogens is 403 g/mol. The van der Waals surface area contributed by atoms with Crippen molar-refractivity contribution in [2.45, 2.75) is 50.7 Å². The first kappa shape index (κ1) is 18.8. The number of amides is 1. The summed E-state index contributed by atoms with van der Waals surface area (Å²) in [6.45, 7) is 1.88. The summed E-state index contributed by atoms with van der Waals surface area (Å²) >= 11 is 3.26. The normalized spacial score (nSPS) is 29.3. The van der Waals surface area contributed by atoms with Gasteiger partial charge in [-0.25, -0.2) is 14.6 Å². The standard InChI is InChI=1S/C18H20BrFN4O2/c1-11(22)9-17(10-21)5-7-18(8-6-17)15(23-24-16(25)26-18)12-3-2-4-13(20)14(12)19/h2-4,11H,5-9,22H2,1H3,(H,24,25)/t11-,17?,18?/m0/s1. The number of hydrogen-bond donors (Lipinski definition) is 2. The molecule has 1 saturated carbocycles. The molecule has 6 nitrogen and oxygen atoms in total. The first-order chi connectivity index (χ1) is 12.3. The van der Waals surface area contributed by atoms with Crippen molar-refractivity contribution in [2.24, 2.45) is 16.3 Å². The topological polar surface area (TPSA) is 101 Å². The Labute approximate surface area is 159 Å². The van der Waals surface area contributed by atoms with Crippen LogP contribution in [0.3, 0.4) is 0 Å². The van der Waals surface area contributed by atoms with Crippen molar-refractivity contribution in [3.05, 3.63) is 34.1 Å². The maximum atomic E-state index is 14.0. The number of benzene rings is 1. The molecule has 1 aromatic rings. The van der Waals surface area contributed by atoms with Crippen LogP contribution < -0.4 is 11.2 Å². The molecule has 0 aromatic heterocycles. The molecule has 1 heterocycles. The van der Waals surface area contributed by atoms with Gasteiger partial charge >= 0.3 is 6.09 Å². The molecule has 0 unspecified atom stereocenters. The Morgan fingerprint density at radius 2 is 2.15 bits per heavy atom. The molecule has 2 aliphatic rings. The molecule has 1 amide bonds. The van der Waals surface area contributed by atoms with Crippen molar-refractivity contribution in [1.29, 1.82) is 5.26 Å². The minimum absolute atomic E-state index is 0.0928. The Kier molecular flexibility index (Phi) is 5.04. The van der Waals surface area contributed by atoms with Crippen LogP contribution in [0.4, 0.5) is 9.18 Å². The van der Waals surface area contributed by atoms with E-state index >= 15 is 0 Å². The molecule has 0 bridgehead atoms. The van der Waals surface area contributed by atoms with Crippen LogP contribution in [0.25, 0.3) is 0 Å². The third-order valence-electron chi connectivity index (χ3n) is 5.15. The van der Waals surface area contributed by atoms with Crippen LogP contribution in [0, 0.1) is 22.6 Å². The van der Waals surface area contributed by atoms with Gasteiger partial charge < -0.3 is 10.5 Å². The molecular formula is C18H20BrFN4O2. The van der Waals surface area contributed by atoms with Gasteiger partial charge in [0.15, 0.2) is 5.60 Å². The fraction of sp³-hybridized carbons (Fsp3) is 0.500. The van der Waals surface area contributed by atoms with Crippen LogP contribution in [0.15, 0.2) is 27.8 Å². The van der Waals surface area contributed by atoms with E-state index < -0.39 is 22.9 Å². The first-order valence-electron chi connectivity index (χ1n) is 8.49. The van der Waals surface area contributed by atoms with Gasteiger partial charge in [0, 0.05) is 11.6 Å². The molecule has 1 aliphatic heterocycles. The van der Waals surface area contributed by atoms with E-state index in [1.807, 2.05) is 6.92 Å². The van der Waals surface area contributed by atoms with Gasteiger partial charge in [0.2, 0.25) is 0 Å². The second-order valence-electron chi connectivity index (χ2n) is 7.13. The highest BCUT2D eigenvalue weighted by atomic mass is 79.9. The lowest BCUT2D eigenvalue weighted by Crippen LogP contribution is -2.54. The summed E-state index contributed by atoms with van der Waals surface area (Å²) in [5, 5.41) is 13.9. The number of nitrogens with two attached hydrogens (primary N) is 1. The third kappa shape index (κ3) is 3.33. The molecule has 8 heteroatoms. The van der Waals surface area contributed by atoms with Crippen molar-refractivity contribution in [2.75, 3.05) is 0 Å². The Hall–Kier alpha value is -1.98. The van der Waals surface area contributed by atoms with Crippen molar-refractivity contribution in [1.82, 2.24) is 5.43 Å². The lowest BCUT2D eigenvalue weighted by Gasteiger charge is -2.45. The number of nitrogens with one attached hydrogen (secondary N) is 1. The van der Waals surface area contributed by atoms with Gasteiger partial charge in [0.05, 0.1) is 16.0 Å². The van der Waals surface area contributed by atoms with Crippen molar-refractivity contribution in [3.63, 3.8) is 0 Å². The summed E-state index contributed by atoms with van der Waals surface area (Å²) in [6, 6.07) is 6.97. The lowest BCUT2D eigenvalue weighted by molar-refractivity contribution is 0.00417. The molecule has 1 fully saturated rings. The molecule has 138 valence electrons. The molecule has 3 N–H and O–H groups in total. The zero-order valence-electron chi connectivity index (χ0n) is 14.4. The van der Waals surface area contributed by atoms with E-state index in [-0.39, 0.29) is 10.5 Å². The zero-order chi connectivity index (χ0) is 18.9. The highest BCUT2D eigenvalue weighted by Gasteiger charge is 2.51. The summed E-state index contributed by atoms with van der Waals surface area (Å²) in [6.07, 6.45) is 1.87. The fourth-order valence-corrected chi connectivity index (χ4v) is 4.35. The van der Waals surface area contributed by atoms with Crippen LogP contribution >= 0.6 is 15.9 Å². The van der Waals surface area contributed by atoms with Gasteiger partial charge in [-0.3, -0.25) is 0 Å². The van der Waals surface area contributed by atoms with Gasteiger partial charge in [-0.1, -0.05) is 12.1 Å². The van der Waals surface area contributed by atoms with E-state index in [2.05, 4.69) is 32.5 Å². The Morgan fingerprint density at radius 3 is 2.77 bits per heavy atom. The minimum atomic E-state index is -0.975. The molecule has 0 radical (unpaired) electrons. The Bertz CT molecular complexity index is 795. The number of nitrogens with zero attached hydrogens (tertiary/aromatic N) is 2. The molecule has 1 spiro atoms. The van der Waals surface area contributed by atoms with Gasteiger partial charge in [0.1, 0.15) is 11.5 Å². The minimum Gasteiger partial charge on any atom is -0.435 e. The van der Waals surface area contributed by atoms with E-state index in [1.54, 1.807) is 12.1 Å². The van der Waals surface area contributed by atoms with Gasteiger partial charge in [-0.15, -0.1) is 0 Å². The maximum absolute atomic E-state index is 14.0. The number of hydrazone groups is 1. The van der Waals surface area contributed by atoms with Crippen LogP contribution in [0.2, 0.25) is 0 Å². The average molecular weight is 423 g/mol. The zero-order valence-corrected chi connectivity index (χ0v) is 16.0. The van der Waals surface area contributed by atoms with Crippen molar-refractivity contribution >= 4 is 27.7 Å². The summed E-state index contributed by atoms with van der Waals surface area (Å²) in [5.41, 5.74) is 7.71. The summed E-state index contributed by atoms with van der Waals surface area (Å²) in [4.78, 5) is 11.9. The van der Waals surface area contributed by atoms with E-state index in [9.17, 15) is 14.4 Å². The Morgan fingerprint density at radius 1 is 1.46 bits per heavy atom. The van der Waals surface area contributed by atoms with Crippen LogP contribution in [0.5, 0.6) is 0 Å². The quantitative estimate of drug-likeness (QED) is 0.776. The SMILES string of the molecule is C[C@H](N)CC1(C#N)CCC2(CC1)OC(=O)NN=C2c1cccc(F)c1Br. The van der Waals surface area contributed by atoms with Gasteiger partial charge in [-0.2, -0.15) is 10.4 Å². The second kappa shape index (κ2) is 6.97. The fourth-order valence-electron chi connectivity index (χ4n) is 3.89. The molecule has 1 atom stereocenters. The molecule has 3 rings (SSSR count). The average Bonchev–Trinajstić information content (AvgIpc) is 2.60. The van der Waals surface area contributed by atoms with E-state index in [1.165, 1.54) is 6.07 Å². The van der Waals surface area contributed by atoms with Crippen molar-refractivity contribution in [3.8, 4) is 6.07 Å². The number of carbonyl (C=O) groups is 1. The van der Waals surface area contributed by atoms with Crippen LogP contribution in [0.1, 0.15) is 44.6 Å². The van der Waals surface area contributed by atoms with Crippen molar-refractivity contribution < 1.29 is 13.9 Å². The third-order valence-corrected chi connectivity index (χ3v) is 5.96. The summed E-state index contributed by atoms with van der Waals surface area (Å²) in [7, 11) is 0. The molecule has 1 aromatic carbocycles. The smallest absolute Gasteiger partial charge is 0.428 e. The summed E-state index contributed by atoms with van der Waals surface area (Å²) < 4.78 is 19.9. The predicted octanol–water partition coefficient (Wildman–Crippen LogP) is 3.59. The molecule has 0 saturated heterocycles. The number of ether oxygens (including phenoxy) is 1. The number of nitriles is 1. The van der Waals surface area contributed by atoms with E-state index in [0.29, 0.717) is 43.4 Å². The highest BCUT2D eigenvalue weighted by Crippen LogP contribution is 2.47. The largest absolute Gasteiger partial charge is 0.435 e. The molecule has 26 heavy (non-hydrogen) atoms.